The van der Waals surface area contributed by atoms with E-state index in [2.05, 4.69) is 15.3 Å². The van der Waals surface area contributed by atoms with Gasteiger partial charge in [0.2, 0.25) is 0 Å². The molecule has 5 heteroatoms. The third-order valence-electron chi connectivity index (χ3n) is 3.68. The number of nitrogens with zero attached hydrogens (tertiary/aromatic N) is 2. The first-order valence-corrected chi connectivity index (χ1v) is 6.79. The lowest BCUT2D eigenvalue weighted by Gasteiger charge is -2.19. The average molecular weight is 271 g/mol. The highest BCUT2D eigenvalue weighted by atomic mass is 16.3. The largest absolute Gasteiger partial charge is 0.448 e. The van der Waals surface area contributed by atoms with Crippen molar-refractivity contribution in [2.75, 3.05) is 0 Å². The summed E-state index contributed by atoms with van der Waals surface area (Å²) in [7, 11) is 0. The minimum Gasteiger partial charge on any atom is -0.448 e. The van der Waals surface area contributed by atoms with Gasteiger partial charge in [-0.2, -0.15) is 0 Å². The molecule has 1 aliphatic carbocycles. The molecule has 20 heavy (non-hydrogen) atoms. The molecule has 3 rings (SSSR count). The highest BCUT2D eigenvalue weighted by molar-refractivity contribution is 5.93. The molecule has 0 aromatic carbocycles. The summed E-state index contributed by atoms with van der Waals surface area (Å²) in [5.74, 6) is 0.813. The maximum absolute atomic E-state index is 12.3. The van der Waals surface area contributed by atoms with E-state index in [0.717, 1.165) is 24.1 Å². The van der Waals surface area contributed by atoms with Crippen molar-refractivity contribution in [2.24, 2.45) is 5.92 Å². The van der Waals surface area contributed by atoms with Gasteiger partial charge in [0.05, 0.1) is 11.7 Å². The van der Waals surface area contributed by atoms with Crippen LogP contribution < -0.4 is 5.32 Å². The molecule has 2 aromatic heterocycles. The molecule has 1 aliphatic rings. The second-order valence-electron chi connectivity index (χ2n) is 5.25. The topological polar surface area (TPSA) is 68.0 Å². The Bertz CT molecular complexity index is 632. The molecule has 2 aromatic rings. The van der Waals surface area contributed by atoms with Gasteiger partial charge in [0, 0.05) is 6.20 Å². The predicted octanol–water partition coefficient (Wildman–Crippen LogP) is 2.57. The zero-order valence-corrected chi connectivity index (χ0v) is 11.6. The Morgan fingerprint density at radius 2 is 2.20 bits per heavy atom. The highest BCUT2D eigenvalue weighted by Gasteiger charge is 2.35. The van der Waals surface area contributed by atoms with Crippen LogP contribution in [-0.2, 0) is 0 Å². The van der Waals surface area contributed by atoms with E-state index in [4.69, 9.17) is 4.42 Å². The number of carbonyl (C=O) groups excluding carboxylic acids is 1. The van der Waals surface area contributed by atoms with Crippen molar-refractivity contribution < 1.29 is 9.21 Å². The van der Waals surface area contributed by atoms with Gasteiger partial charge in [0.25, 0.3) is 5.91 Å². The first-order chi connectivity index (χ1) is 9.66. The van der Waals surface area contributed by atoms with Crippen LogP contribution in [0.2, 0.25) is 0 Å². The SMILES string of the molecule is Cc1cccnc1[C@@H](NC(=O)c1ncoc1C)C1CC1. The van der Waals surface area contributed by atoms with E-state index in [1.165, 1.54) is 6.39 Å². The number of aromatic nitrogens is 2. The van der Waals surface area contributed by atoms with E-state index in [1.807, 2.05) is 19.1 Å². The van der Waals surface area contributed by atoms with E-state index < -0.39 is 0 Å². The summed E-state index contributed by atoms with van der Waals surface area (Å²) >= 11 is 0. The molecule has 1 N–H and O–H groups in total. The van der Waals surface area contributed by atoms with Crippen molar-refractivity contribution >= 4 is 5.91 Å². The minimum atomic E-state index is -0.196. The smallest absolute Gasteiger partial charge is 0.274 e. The van der Waals surface area contributed by atoms with E-state index in [9.17, 15) is 4.79 Å². The average Bonchev–Trinajstić information content (AvgIpc) is 3.18. The zero-order valence-electron chi connectivity index (χ0n) is 11.6. The molecule has 0 radical (unpaired) electrons. The number of amides is 1. The van der Waals surface area contributed by atoms with Crippen LogP contribution in [0.3, 0.4) is 0 Å². The van der Waals surface area contributed by atoms with E-state index >= 15 is 0 Å². The van der Waals surface area contributed by atoms with Crippen LogP contribution >= 0.6 is 0 Å². The number of oxazole rings is 1. The third-order valence-corrected chi connectivity index (χ3v) is 3.68. The number of carbonyl (C=O) groups is 1. The molecule has 0 saturated heterocycles. The summed E-state index contributed by atoms with van der Waals surface area (Å²) < 4.78 is 5.09. The van der Waals surface area contributed by atoms with Crippen LogP contribution in [0, 0.1) is 19.8 Å². The van der Waals surface area contributed by atoms with Crippen LogP contribution in [0.1, 0.15) is 46.4 Å². The van der Waals surface area contributed by atoms with Gasteiger partial charge in [-0.05, 0) is 44.2 Å². The fraction of sp³-hybridized carbons (Fsp3) is 0.400. The van der Waals surface area contributed by atoms with Gasteiger partial charge in [-0.25, -0.2) is 4.98 Å². The first kappa shape index (κ1) is 12.8. The lowest BCUT2D eigenvalue weighted by atomic mass is 10.0. The predicted molar refractivity (Wildman–Crippen MR) is 73.1 cm³/mol. The molecular weight excluding hydrogens is 254 g/mol. The summed E-state index contributed by atoms with van der Waals surface area (Å²) in [5.41, 5.74) is 2.40. The van der Waals surface area contributed by atoms with Gasteiger partial charge in [0.1, 0.15) is 5.76 Å². The molecule has 104 valence electrons. The third kappa shape index (κ3) is 2.43. The Balaban J connectivity index is 1.84. The van der Waals surface area contributed by atoms with Gasteiger partial charge in [0.15, 0.2) is 12.1 Å². The molecule has 1 amide bonds. The quantitative estimate of drug-likeness (QED) is 0.928. The van der Waals surface area contributed by atoms with Crippen molar-refractivity contribution in [3.05, 3.63) is 47.4 Å². The standard InChI is InChI=1S/C15H17N3O2/c1-9-4-3-7-16-12(9)14(11-5-6-11)18-15(19)13-10(2)20-8-17-13/h3-4,7-8,11,14H,5-6H2,1-2H3,(H,18,19)/t14-/m0/s1. The van der Waals surface area contributed by atoms with Crippen LogP contribution in [-0.4, -0.2) is 15.9 Å². The van der Waals surface area contributed by atoms with Crippen LogP contribution in [0.5, 0.6) is 0 Å². The number of aryl methyl sites for hydroxylation is 2. The van der Waals surface area contributed by atoms with E-state index in [1.54, 1.807) is 13.1 Å². The van der Waals surface area contributed by atoms with Gasteiger partial charge < -0.3 is 9.73 Å². The summed E-state index contributed by atoms with van der Waals surface area (Å²) in [5, 5.41) is 3.06. The Hall–Kier alpha value is -2.17. The van der Waals surface area contributed by atoms with Crippen molar-refractivity contribution in [1.29, 1.82) is 0 Å². The molecule has 0 spiro atoms. The number of hydrogen-bond donors (Lipinski definition) is 1. The van der Waals surface area contributed by atoms with Crippen molar-refractivity contribution in [3.63, 3.8) is 0 Å². The first-order valence-electron chi connectivity index (χ1n) is 6.79. The van der Waals surface area contributed by atoms with Crippen LogP contribution in [0.25, 0.3) is 0 Å². The van der Waals surface area contributed by atoms with Gasteiger partial charge >= 0.3 is 0 Å². The summed E-state index contributed by atoms with van der Waals surface area (Å²) in [6, 6.07) is 3.89. The molecule has 0 unspecified atom stereocenters. The normalized spacial score (nSPS) is 15.9. The fourth-order valence-corrected chi connectivity index (χ4v) is 2.40. The minimum absolute atomic E-state index is 0.0419. The summed E-state index contributed by atoms with van der Waals surface area (Å²) in [6.07, 6.45) is 5.31. The molecular formula is C15H17N3O2. The Morgan fingerprint density at radius 1 is 1.40 bits per heavy atom. The second-order valence-corrected chi connectivity index (χ2v) is 5.25. The maximum Gasteiger partial charge on any atom is 0.274 e. The fourth-order valence-electron chi connectivity index (χ4n) is 2.40. The highest BCUT2D eigenvalue weighted by Crippen LogP contribution is 2.41. The number of pyridine rings is 1. The van der Waals surface area contributed by atoms with E-state index in [0.29, 0.717) is 17.4 Å². The molecule has 0 aliphatic heterocycles. The monoisotopic (exact) mass is 271 g/mol. The molecule has 1 fully saturated rings. The number of hydrogen-bond acceptors (Lipinski definition) is 4. The van der Waals surface area contributed by atoms with Gasteiger partial charge in [-0.15, -0.1) is 0 Å². The van der Waals surface area contributed by atoms with Gasteiger partial charge in [-0.1, -0.05) is 6.07 Å². The van der Waals surface area contributed by atoms with E-state index in [-0.39, 0.29) is 11.9 Å². The van der Waals surface area contributed by atoms with Crippen molar-refractivity contribution in [2.45, 2.75) is 32.7 Å². The summed E-state index contributed by atoms with van der Waals surface area (Å²) in [6.45, 7) is 3.76. The van der Waals surface area contributed by atoms with Crippen LogP contribution in [0.4, 0.5) is 0 Å². The summed E-state index contributed by atoms with van der Waals surface area (Å²) in [4.78, 5) is 20.7. The van der Waals surface area contributed by atoms with Crippen molar-refractivity contribution in [1.82, 2.24) is 15.3 Å². The van der Waals surface area contributed by atoms with Gasteiger partial charge in [-0.3, -0.25) is 9.78 Å². The molecule has 2 heterocycles. The molecule has 5 nitrogen and oxygen atoms in total. The number of nitrogens with one attached hydrogen (secondary N) is 1. The van der Waals surface area contributed by atoms with Crippen LogP contribution in [0.15, 0.2) is 29.1 Å². The number of rotatable bonds is 4. The molecule has 1 atom stereocenters. The molecule has 1 saturated carbocycles. The second kappa shape index (κ2) is 5.07. The Labute approximate surface area is 117 Å². The lowest BCUT2D eigenvalue weighted by molar-refractivity contribution is 0.0924. The Kier molecular flexibility index (Phi) is 3.26. The van der Waals surface area contributed by atoms with Crippen molar-refractivity contribution in [3.8, 4) is 0 Å². The lowest BCUT2D eigenvalue weighted by Crippen LogP contribution is -2.31. The Morgan fingerprint density at radius 3 is 2.80 bits per heavy atom. The zero-order chi connectivity index (χ0) is 14.1. The molecule has 0 bridgehead atoms. The maximum atomic E-state index is 12.3.